The minimum absolute atomic E-state index is 0.177. The minimum Gasteiger partial charge on any atom is -0.382 e. The van der Waals surface area contributed by atoms with Gasteiger partial charge in [0, 0.05) is 37.5 Å². The van der Waals surface area contributed by atoms with Gasteiger partial charge in [-0.25, -0.2) is 9.78 Å². The van der Waals surface area contributed by atoms with E-state index in [4.69, 9.17) is 0 Å². The number of hydrogen-bond donors (Lipinski definition) is 2. The number of aromatic nitrogens is 3. The third-order valence-electron chi connectivity index (χ3n) is 5.31. The fourth-order valence-corrected chi connectivity index (χ4v) is 3.69. The number of amides is 2. The number of carbonyl (C=O) groups excluding carboxylic acids is 1. The normalized spacial score (nSPS) is 16.5. The van der Waals surface area contributed by atoms with Gasteiger partial charge in [-0.3, -0.25) is 14.9 Å². The van der Waals surface area contributed by atoms with E-state index in [-0.39, 0.29) is 6.04 Å². The van der Waals surface area contributed by atoms with Gasteiger partial charge in [0.05, 0.1) is 16.9 Å². The molecule has 0 fully saturated rings. The molecular weight excluding hydrogens is 421 g/mol. The topological polar surface area (TPSA) is 75.1 Å². The van der Waals surface area contributed by atoms with E-state index in [1.165, 1.54) is 11.0 Å². The molecule has 0 unspecified atom stereocenters. The van der Waals surface area contributed by atoms with Crippen molar-refractivity contribution in [2.24, 2.45) is 7.05 Å². The molecule has 0 aliphatic carbocycles. The van der Waals surface area contributed by atoms with Crippen molar-refractivity contribution in [3.8, 4) is 11.3 Å². The molecule has 2 aromatic heterocycles. The first kappa shape index (κ1) is 21.7. The maximum Gasteiger partial charge on any atom is 0.416 e. The molecule has 168 valence electrons. The Hall–Kier alpha value is -3.56. The quantitative estimate of drug-likeness (QED) is 0.574. The van der Waals surface area contributed by atoms with Gasteiger partial charge < -0.3 is 5.32 Å². The van der Waals surface area contributed by atoms with Crippen molar-refractivity contribution in [2.45, 2.75) is 32.0 Å². The average Bonchev–Trinajstić information content (AvgIpc) is 3.14. The van der Waals surface area contributed by atoms with Crippen LogP contribution in [-0.2, 0) is 13.2 Å². The molecule has 32 heavy (non-hydrogen) atoms. The Morgan fingerprint density at radius 3 is 2.75 bits per heavy atom. The number of hydrogen-bond acceptors (Lipinski definition) is 4. The Bertz CT molecular complexity index is 1130. The van der Waals surface area contributed by atoms with Gasteiger partial charge in [0.2, 0.25) is 0 Å². The molecule has 0 saturated carbocycles. The summed E-state index contributed by atoms with van der Waals surface area (Å²) in [6, 6.07) is 9.50. The van der Waals surface area contributed by atoms with E-state index >= 15 is 0 Å². The number of pyridine rings is 1. The van der Waals surface area contributed by atoms with Crippen LogP contribution in [0.3, 0.4) is 0 Å². The van der Waals surface area contributed by atoms with Gasteiger partial charge in [0.15, 0.2) is 11.6 Å². The zero-order valence-electron chi connectivity index (χ0n) is 17.6. The Morgan fingerprint density at radius 1 is 1.22 bits per heavy atom. The van der Waals surface area contributed by atoms with Crippen molar-refractivity contribution < 1.29 is 18.0 Å². The highest BCUT2D eigenvalue weighted by molar-refractivity contribution is 6.03. The fourth-order valence-electron chi connectivity index (χ4n) is 3.69. The monoisotopic (exact) mass is 444 g/mol. The molecule has 0 radical (unpaired) electrons. The third kappa shape index (κ3) is 4.53. The number of carbonyl (C=O) groups is 1. The van der Waals surface area contributed by atoms with E-state index in [1.54, 1.807) is 42.2 Å². The van der Waals surface area contributed by atoms with Gasteiger partial charge in [0.25, 0.3) is 0 Å². The van der Waals surface area contributed by atoms with Crippen LogP contribution in [0.25, 0.3) is 11.3 Å². The summed E-state index contributed by atoms with van der Waals surface area (Å²) in [5.74, 6) is 0.760. The number of halogens is 3. The van der Waals surface area contributed by atoms with E-state index in [2.05, 4.69) is 20.7 Å². The first-order chi connectivity index (χ1) is 15.2. The summed E-state index contributed by atoms with van der Waals surface area (Å²) in [7, 11) is 1.75. The lowest BCUT2D eigenvalue weighted by molar-refractivity contribution is -0.137. The Kier molecular flexibility index (Phi) is 5.77. The molecule has 1 aliphatic heterocycles. The van der Waals surface area contributed by atoms with E-state index in [1.807, 2.05) is 6.92 Å². The number of nitrogens with one attached hydrogen (secondary N) is 2. The number of nitrogens with zero attached hydrogens (tertiary/aromatic N) is 4. The van der Waals surface area contributed by atoms with Crippen LogP contribution in [0.4, 0.5) is 35.3 Å². The summed E-state index contributed by atoms with van der Waals surface area (Å²) < 4.78 is 41.1. The SMILES string of the molecule is C[C@@H]1CCCNc2ccc(-c3cccc(C(F)(F)F)c3)nc2N1C(=O)Nc1ccn(C)n1. The Labute approximate surface area is 183 Å². The van der Waals surface area contributed by atoms with E-state index in [0.717, 1.165) is 25.0 Å². The molecule has 1 aliphatic rings. The average molecular weight is 444 g/mol. The number of fused-ring (bicyclic) bond motifs is 1. The lowest BCUT2D eigenvalue weighted by atomic mass is 10.1. The molecule has 2 N–H and O–H groups in total. The first-order valence-corrected chi connectivity index (χ1v) is 10.2. The smallest absolute Gasteiger partial charge is 0.382 e. The number of anilines is 3. The van der Waals surface area contributed by atoms with E-state index in [0.29, 0.717) is 35.1 Å². The van der Waals surface area contributed by atoms with Gasteiger partial charge >= 0.3 is 12.2 Å². The van der Waals surface area contributed by atoms with Crippen LogP contribution in [0.5, 0.6) is 0 Å². The molecule has 0 bridgehead atoms. The van der Waals surface area contributed by atoms with Crippen LogP contribution in [0.15, 0.2) is 48.7 Å². The van der Waals surface area contributed by atoms with Crippen LogP contribution in [0.2, 0.25) is 0 Å². The third-order valence-corrected chi connectivity index (χ3v) is 5.31. The molecule has 10 heteroatoms. The molecule has 2 amide bonds. The summed E-state index contributed by atoms with van der Waals surface area (Å²) in [5.41, 5.74) is 0.561. The fraction of sp³-hybridized carbons (Fsp3) is 0.318. The highest BCUT2D eigenvalue weighted by atomic mass is 19.4. The summed E-state index contributed by atoms with van der Waals surface area (Å²) in [5, 5.41) is 10.2. The molecule has 1 atom stereocenters. The largest absolute Gasteiger partial charge is 0.416 e. The summed E-state index contributed by atoms with van der Waals surface area (Å²) in [6.07, 6.45) is -1.16. The minimum atomic E-state index is -4.45. The number of rotatable bonds is 2. The van der Waals surface area contributed by atoms with Gasteiger partial charge in [-0.1, -0.05) is 12.1 Å². The second-order valence-corrected chi connectivity index (χ2v) is 7.74. The van der Waals surface area contributed by atoms with Gasteiger partial charge in [-0.2, -0.15) is 18.3 Å². The highest BCUT2D eigenvalue weighted by Crippen LogP contribution is 2.35. The lowest BCUT2D eigenvalue weighted by Crippen LogP contribution is -2.43. The van der Waals surface area contributed by atoms with Gasteiger partial charge in [-0.05, 0) is 44.0 Å². The molecule has 7 nitrogen and oxygen atoms in total. The highest BCUT2D eigenvalue weighted by Gasteiger charge is 2.31. The molecule has 1 aromatic carbocycles. The molecule has 0 spiro atoms. The van der Waals surface area contributed by atoms with Crippen molar-refractivity contribution >= 4 is 23.4 Å². The van der Waals surface area contributed by atoms with E-state index < -0.39 is 17.8 Å². The molecule has 0 saturated heterocycles. The summed E-state index contributed by atoms with van der Waals surface area (Å²) in [4.78, 5) is 19.4. The van der Waals surface area contributed by atoms with Gasteiger partial charge in [-0.15, -0.1) is 0 Å². The van der Waals surface area contributed by atoms with E-state index in [9.17, 15) is 18.0 Å². The predicted molar refractivity (Wildman–Crippen MR) is 117 cm³/mol. The number of benzene rings is 1. The van der Waals surface area contributed by atoms with Crippen molar-refractivity contribution in [3.05, 3.63) is 54.2 Å². The summed E-state index contributed by atoms with van der Waals surface area (Å²) in [6.45, 7) is 2.63. The molecule has 3 aromatic rings. The van der Waals surface area contributed by atoms with Crippen molar-refractivity contribution in [2.75, 3.05) is 22.1 Å². The van der Waals surface area contributed by atoms with Crippen molar-refractivity contribution in [1.29, 1.82) is 0 Å². The summed E-state index contributed by atoms with van der Waals surface area (Å²) >= 11 is 0. The van der Waals surface area contributed by atoms with Crippen LogP contribution < -0.4 is 15.5 Å². The maximum atomic E-state index is 13.2. The Balaban J connectivity index is 1.75. The van der Waals surface area contributed by atoms with Crippen molar-refractivity contribution in [1.82, 2.24) is 14.8 Å². The zero-order chi connectivity index (χ0) is 22.9. The van der Waals surface area contributed by atoms with Crippen LogP contribution in [0.1, 0.15) is 25.3 Å². The second-order valence-electron chi connectivity index (χ2n) is 7.74. The van der Waals surface area contributed by atoms with Crippen LogP contribution in [-0.4, -0.2) is 33.4 Å². The second kappa shape index (κ2) is 8.52. The Morgan fingerprint density at radius 2 is 2.03 bits per heavy atom. The number of urea groups is 1. The standard InChI is InChI=1S/C22H23F3N6O/c1-14-5-4-11-26-18-9-8-17(15-6-3-7-16(13-15)22(23,24)25)27-20(18)31(14)21(32)28-19-10-12-30(2)29-19/h3,6-10,12-14,26H,4-5,11H2,1-2H3,(H,28,29,32)/t14-/m1/s1. The predicted octanol–water partition coefficient (Wildman–Crippen LogP) is 5.13. The van der Waals surface area contributed by atoms with Crippen LogP contribution in [0, 0.1) is 0 Å². The van der Waals surface area contributed by atoms with Crippen molar-refractivity contribution in [3.63, 3.8) is 0 Å². The molecule has 4 rings (SSSR count). The number of alkyl halides is 3. The maximum absolute atomic E-state index is 13.2. The van der Waals surface area contributed by atoms with Crippen LogP contribution >= 0.6 is 0 Å². The zero-order valence-corrected chi connectivity index (χ0v) is 17.6. The van der Waals surface area contributed by atoms with Gasteiger partial charge in [0.1, 0.15) is 0 Å². The molecular formula is C22H23F3N6O. The molecule has 3 heterocycles. The first-order valence-electron chi connectivity index (χ1n) is 10.2. The lowest BCUT2D eigenvalue weighted by Gasteiger charge is -2.32. The number of aryl methyl sites for hydroxylation is 1.